The van der Waals surface area contributed by atoms with Gasteiger partial charge in [-0.05, 0) is 24.3 Å². The summed E-state index contributed by atoms with van der Waals surface area (Å²) in [5.74, 6) is 0.452. The molecule has 1 aliphatic heterocycles. The number of nitrogens with one attached hydrogen (secondary N) is 1. The second-order valence-corrected chi connectivity index (χ2v) is 5.98. The van der Waals surface area contributed by atoms with Gasteiger partial charge in [-0.2, -0.15) is 0 Å². The minimum absolute atomic E-state index is 0.230. The van der Waals surface area contributed by atoms with Gasteiger partial charge in [0, 0.05) is 28.2 Å². The van der Waals surface area contributed by atoms with Crippen LogP contribution in [0.3, 0.4) is 0 Å². The van der Waals surface area contributed by atoms with E-state index in [1.165, 1.54) is 0 Å². The zero-order valence-corrected chi connectivity index (χ0v) is 14.0. The molecule has 0 aromatic heterocycles. The number of hydrogen-bond acceptors (Lipinski definition) is 4. The molecule has 0 saturated heterocycles. The third kappa shape index (κ3) is 3.71. The summed E-state index contributed by atoms with van der Waals surface area (Å²) >= 11 is 3.42. The van der Waals surface area contributed by atoms with E-state index in [-0.39, 0.29) is 5.91 Å². The van der Waals surface area contributed by atoms with Crippen molar-refractivity contribution < 1.29 is 14.4 Å². The largest absolute Gasteiger partial charge is 0.497 e. The number of benzene rings is 2. The summed E-state index contributed by atoms with van der Waals surface area (Å²) < 4.78 is 6.10. The van der Waals surface area contributed by atoms with E-state index in [1.54, 1.807) is 19.2 Å². The van der Waals surface area contributed by atoms with Crippen LogP contribution in [0.25, 0.3) is 0 Å². The summed E-state index contributed by atoms with van der Waals surface area (Å²) in [5, 5.41) is 6.85. The Balaban J connectivity index is 1.64. The van der Waals surface area contributed by atoms with Gasteiger partial charge in [-0.15, -0.1) is 0 Å². The summed E-state index contributed by atoms with van der Waals surface area (Å²) in [6.45, 7) is 0. The van der Waals surface area contributed by atoms with E-state index in [1.807, 2.05) is 36.4 Å². The van der Waals surface area contributed by atoms with Gasteiger partial charge in [-0.1, -0.05) is 39.3 Å². The molecule has 0 spiro atoms. The van der Waals surface area contributed by atoms with Crippen molar-refractivity contribution in [3.05, 3.63) is 58.6 Å². The second kappa shape index (κ2) is 6.83. The van der Waals surface area contributed by atoms with Crippen molar-refractivity contribution in [2.75, 3.05) is 12.4 Å². The molecule has 0 bridgehead atoms. The molecule has 1 aliphatic rings. The summed E-state index contributed by atoms with van der Waals surface area (Å²) in [4.78, 5) is 17.6. The molecule has 2 aromatic carbocycles. The number of nitrogens with zero attached hydrogens (tertiary/aromatic N) is 1. The van der Waals surface area contributed by atoms with Crippen LogP contribution in [-0.2, 0) is 9.63 Å². The first-order valence-corrected chi connectivity index (χ1v) is 7.88. The minimum Gasteiger partial charge on any atom is -0.497 e. The van der Waals surface area contributed by atoms with Crippen LogP contribution in [-0.4, -0.2) is 24.8 Å². The van der Waals surface area contributed by atoms with Crippen LogP contribution < -0.4 is 10.1 Å². The lowest BCUT2D eigenvalue weighted by Gasteiger charge is -2.10. The first kappa shape index (κ1) is 15.6. The van der Waals surface area contributed by atoms with E-state index < -0.39 is 6.10 Å². The average molecular weight is 375 g/mol. The summed E-state index contributed by atoms with van der Waals surface area (Å²) in [5.41, 5.74) is 2.36. The highest BCUT2D eigenvalue weighted by Gasteiger charge is 2.29. The van der Waals surface area contributed by atoms with E-state index in [0.29, 0.717) is 17.9 Å². The van der Waals surface area contributed by atoms with Crippen LogP contribution in [0.4, 0.5) is 5.69 Å². The molecule has 2 aromatic rings. The van der Waals surface area contributed by atoms with Gasteiger partial charge in [0.15, 0.2) is 0 Å². The zero-order chi connectivity index (χ0) is 16.2. The number of amides is 1. The number of carbonyl (C=O) groups is 1. The number of anilines is 1. The molecule has 0 fully saturated rings. The van der Waals surface area contributed by atoms with E-state index in [0.717, 1.165) is 15.7 Å². The van der Waals surface area contributed by atoms with Crippen LogP contribution in [0.1, 0.15) is 12.0 Å². The quantitative estimate of drug-likeness (QED) is 0.889. The molecule has 1 heterocycles. The Hall–Kier alpha value is -2.34. The van der Waals surface area contributed by atoms with Gasteiger partial charge in [0.25, 0.3) is 5.91 Å². The zero-order valence-electron chi connectivity index (χ0n) is 12.5. The smallest absolute Gasteiger partial charge is 0.268 e. The van der Waals surface area contributed by atoms with Crippen LogP contribution in [0.5, 0.6) is 5.75 Å². The fourth-order valence-electron chi connectivity index (χ4n) is 2.28. The maximum absolute atomic E-state index is 12.3. The average Bonchev–Trinajstić information content (AvgIpc) is 3.05. The van der Waals surface area contributed by atoms with Crippen LogP contribution in [0, 0.1) is 0 Å². The van der Waals surface area contributed by atoms with Crippen molar-refractivity contribution in [3.63, 3.8) is 0 Å². The van der Waals surface area contributed by atoms with E-state index in [2.05, 4.69) is 26.4 Å². The highest BCUT2D eigenvalue weighted by Crippen LogP contribution is 2.22. The normalized spacial score (nSPS) is 16.4. The molecule has 118 valence electrons. The monoisotopic (exact) mass is 374 g/mol. The summed E-state index contributed by atoms with van der Waals surface area (Å²) in [6.07, 6.45) is -0.193. The van der Waals surface area contributed by atoms with Gasteiger partial charge in [-0.25, -0.2) is 0 Å². The molecule has 23 heavy (non-hydrogen) atoms. The van der Waals surface area contributed by atoms with Crippen molar-refractivity contribution in [2.24, 2.45) is 5.16 Å². The van der Waals surface area contributed by atoms with Gasteiger partial charge in [0.1, 0.15) is 5.75 Å². The lowest BCUT2D eigenvalue weighted by molar-refractivity contribution is -0.125. The molecule has 5 nitrogen and oxygen atoms in total. The molecule has 6 heteroatoms. The Kier molecular flexibility index (Phi) is 4.62. The van der Waals surface area contributed by atoms with Gasteiger partial charge in [-0.3, -0.25) is 4.79 Å². The number of hydrogen-bond donors (Lipinski definition) is 1. The highest BCUT2D eigenvalue weighted by molar-refractivity contribution is 9.10. The second-order valence-electron chi connectivity index (χ2n) is 5.07. The van der Waals surface area contributed by atoms with Crippen molar-refractivity contribution in [3.8, 4) is 5.75 Å². The SMILES string of the molecule is COc1cccc(NC(=O)C2CC(c3cccc(Br)c3)=NO2)c1. The molecule has 0 aliphatic carbocycles. The number of carbonyl (C=O) groups excluding carboxylic acids is 1. The minimum atomic E-state index is -0.629. The lowest BCUT2D eigenvalue weighted by Crippen LogP contribution is -2.28. The number of halogens is 1. The summed E-state index contributed by atoms with van der Waals surface area (Å²) in [7, 11) is 1.58. The van der Waals surface area contributed by atoms with Gasteiger partial charge >= 0.3 is 0 Å². The third-order valence-electron chi connectivity index (χ3n) is 3.46. The van der Waals surface area contributed by atoms with Gasteiger partial charge in [0.05, 0.1) is 12.8 Å². The van der Waals surface area contributed by atoms with Crippen LogP contribution >= 0.6 is 15.9 Å². The molecule has 3 rings (SSSR count). The Morgan fingerprint density at radius 1 is 1.30 bits per heavy atom. The fourth-order valence-corrected chi connectivity index (χ4v) is 2.68. The predicted molar refractivity (Wildman–Crippen MR) is 91.8 cm³/mol. The molecule has 1 unspecified atom stereocenters. The van der Waals surface area contributed by atoms with Crippen LogP contribution in [0.2, 0.25) is 0 Å². The maximum atomic E-state index is 12.3. The molecule has 1 atom stereocenters. The van der Waals surface area contributed by atoms with E-state index in [4.69, 9.17) is 9.57 Å². The first-order chi connectivity index (χ1) is 11.2. The number of rotatable bonds is 4. The maximum Gasteiger partial charge on any atom is 0.268 e. The number of methoxy groups -OCH3 is 1. The third-order valence-corrected chi connectivity index (χ3v) is 3.95. The molecule has 0 saturated carbocycles. The standard InChI is InChI=1S/C17H15BrN2O3/c1-22-14-7-3-6-13(9-14)19-17(21)16-10-15(20-23-16)11-4-2-5-12(18)8-11/h2-9,16H,10H2,1H3,(H,19,21). The van der Waals surface area contributed by atoms with Gasteiger partial charge < -0.3 is 14.9 Å². The predicted octanol–water partition coefficient (Wildman–Crippen LogP) is 3.59. The van der Waals surface area contributed by atoms with Crippen molar-refractivity contribution in [1.82, 2.24) is 0 Å². The Morgan fingerprint density at radius 3 is 2.91 bits per heavy atom. The first-order valence-electron chi connectivity index (χ1n) is 7.09. The molecule has 1 N–H and O–H groups in total. The Labute approximate surface area is 142 Å². The van der Waals surface area contributed by atoms with Gasteiger partial charge in [0.2, 0.25) is 6.10 Å². The molecule has 1 amide bonds. The van der Waals surface area contributed by atoms with E-state index >= 15 is 0 Å². The Bertz CT molecular complexity index is 761. The molecular formula is C17H15BrN2O3. The lowest BCUT2D eigenvalue weighted by atomic mass is 10.0. The molecular weight excluding hydrogens is 360 g/mol. The Morgan fingerprint density at radius 2 is 2.13 bits per heavy atom. The van der Waals surface area contributed by atoms with Crippen molar-refractivity contribution in [1.29, 1.82) is 0 Å². The summed E-state index contributed by atoms with van der Waals surface area (Å²) in [6, 6.07) is 14.9. The topological polar surface area (TPSA) is 59.9 Å². The fraction of sp³-hybridized carbons (Fsp3) is 0.176. The van der Waals surface area contributed by atoms with E-state index in [9.17, 15) is 4.79 Å². The number of oxime groups is 1. The number of ether oxygens (including phenoxy) is 1. The van der Waals surface area contributed by atoms with Crippen molar-refractivity contribution >= 4 is 33.2 Å². The highest BCUT2D eigenvalue weighted by atomic mass is 79.9. The molecule has 0 radical (unpaired) electrons. The van der Waals surface area contributed by atoms with Crippen molar-refractivity contribution in [2.45, 2.75) is 12.5 Å². The van der Waals surface area contributed by atoms with Crippen LogP contribution in [0.15, 0.2) is 58.2 Å².